The number of thiazole rings is 1. The average molecular weight is 519 g/mol. The maximum atomic E-state index is 14.2. The van der Waals surface area contributed by atoms with E-state index in [-0.39, 0.29) is 44.0 Å². The minimum absolute atomic E-state index is 0.0165. The molecule has 4 N–H and O–H groups in total. The molecule has 36 heavy (non-hydrogen) atoms. The van der Waals surface area contributed by atoms with E-state index in [1.165, 1.54) is 16.2 Å². The van der Waals surface area contributed by atoms with E-state index in [0.29, 0.717) is 5.56 Å². The molecule has 1 saturated heterocycles. The molecule has 1 unspecified atom stereocenters. The Hall–Kier alpha value is -3.05. The summed E-state index contributed by atoms with van der Waals surface area (Å²) in [5.41, 5.74) is 1.98. The molecular weight excluding hydrogens is 487 g/mol. The molecule has 1 aromatic carbocycles. The molecule has 1 saturated carbocycles. The molecule has 2 heterocycles. The number of benzene rings is 1. The van der Waals surface area contributed by atoms with Crippen LogP contribution in [-0.4, -0.2) is 68.2 Å². The number of hydrogen-bond acceptors (Lipinski definition) is 7. The Morgan fingerprint density at radius 2 is 2.03 bits per heavy atom. The molecule has 2 fully saturated rings. The van der Waals surface area contributed by atoms with Crippen molar-refractivity contribution < 1.29 is 29.0 Å². The van der Waals surface area contributed by atoms with Gasteiger partial charge in [0.15, 0.2) is 5.67 Å². The molecule has 2 aliphatic rings. The van der Waals surface area contributed by atoms with Crippen molar-refractivity contribution in [3.05, 3.63) is 35.0 Å². The summed E-state index contributed by atoms with van der Waals surface area (Å²) in [4.78, 5) is 45.0. The van der Waals surface area contributed by atoms with Gasteiger partial charge in [0, 0.05) is 25.1 Å². The largest absolute Gasteiger partial charge is 0.508 e. The van der Waals surface area contributed by atoms with Crippen LogP contribution in [-0.2, 0) is 20.9 Å². The van der Waals surface area contributed by atoms with Crippen molar-refractivity contribution in [1.29, 1.82) is 0 Å². The van der Waals surface area contributed by atoms with Gasteiger partial charge in [-0.25, -0.2) is 9.37 Å². The van der Waals surface area contributed by atoms with Crippen LogP contribution >= 0.6 is 11.3 Å². The van der Waals surface area contributed by atoms with Crippen molar-refractivity contribution in [2.45, 2.75) is 70.4 Å². The minimum atomic E-state index is -1.93. The summed E-state index contributed by atoms with van der Waals surface area (Å²) in [6.07, 6.45) is -0.607. The van der Waals surface area contributed by atoms with Crippen LogP contribution in [0.15, 0.2) is 23.7 Å². The number of aryl methyl sites for hydroxylation is 1. The standard InChI is InChI=1S/C25H31FN4O5S/c1-13(2)20(29-24(35)25(26)6-7-25)23(34)30-11-17(31)9-18(30)22(33)27-10-16-5-4-15(8-19(16)32)21-14(3)28-12-36-21/h4-5,8,12-13,17-18,20,31-32H,6-7,9-11H2,1-3H3,(H,27,33)(H,29,35)/t17-,18+,20?/m1/s1. The zero-order valence-electron chi connectivity index (χ0n) is 20.5. The predicted octanol–water partition coefficient (Wildman–Crippen LogP) is 2.05. The van der Waals surface area contributed by atoms with Crippen molar-refractivity contribution in [2.75, 3.05) is 6.54 Å². The highest BCUT2D eigenvalue weighted by Gasteiger charge is 2.52. The van der Waals surface area contributed by atoms with Gasteiger partial charge in [-0.2, -0.15) is 0 Å². The van der Waals surface area contributed by atoms with E-state index in [0.717, 1.165) is 16.1 Å². The average Bonchev–Trinajstić information content (AvgIpc) is 3.24. The number of nitrogens with one attached hydrogen (secondary N) is 2. The van der Waals surface area contributed by atoms with Crippen molar-refractivity contribution >= 4 is 29.1 Å². The van der Waals surface area contributed by atoms with E-state index in [9.17, 15) is 29.0 Å². The van der Waals surface area contributed by atoms with Gasteiger partial charge in [0.1, 0.15) is 17.8 Å². The number of halogens is 1. The molecular formula is C25H31FN4O5S. The summed E-state index contributed by atoms with van der Waals surface area (Å²) in [6.45, 7) is 5.29. The lowest BCUT2D eigenvalue weighted by atomic mass is 10.0. The van der Waals surface area contributed by atoms with Gasteiger partial charge in [0.2, 0.25) is 11.8 Å². The van der Waals surface area contributed by atoms with Gasteiger partial charge in [-0.15, -0.1) is 11.3 Å². The highest BCUT2D eigenvalue weighted by Crippen LogP contribution is 2.40. The van der Waals surface area contributed by atoms with Crippen LogP contribution in [0.2, 0.25) is 0 Å². The SMILES string of the molecule is Cc1ncsc1-c1ccc(CNC(=O)[C@@H]2C[C@@H](O)CN2C(=O)C(NC(=O)C2(F)CC2)C(C)C)c(O)c1. The number of hydrogen-bond donors (Lipinski definition) is 4. The highest BCUT2D eigenvalue weighted by atomic mass is 32.1. The number of amides is 3. The number of β-amino-alcohol motifs (C(OH)–C–C–N with tert-alkyl or cyclic N) is 1. The Kier molecular flexibility index (Phi) is 7.33. The zero-order valence-corrected chi connectivity index (χ0v) is 21.3. The molecule has 194 valence electrons. The van der Waals surface area contributed by atoms with Crippen LogP contribution in [0.25, 0.3) is 10.4 Å². The lowest BCUT2D eigenvalue weighted by Crippen LogP contribution is -2.56. The first-order valence-corrected chi connectivity index (χ1v) is 12.9. The lowest BCUT2D eigenvalue weighted by molar-refractivity contribution is -0.143. The molecule has 1 aromatic heterocycles. The number of alkyl halides is 1. The second-order valence-corrected chi connectivity index (χ2v) is 10.7. The lowest BCUT2D eigenvalue weighted by Gasteiger charge is -2.30. The molecule has 0 spiro atoms. The number of aromatic nitrogens is 1. The number of carbonyl (C=O) groups excluding carboxylic acids is 3. The molecule has 0 radical (unpaired) electrons. The Morgan fingerprint density at radius 3 is 2.61 bits per heavy atom. The second-order valence-electron chi connectivity index (χ2n) is 9.88. The van der Waals surface area contributed by atoms with Gasteiger partial charge in [-0.3, -0.25) is 14.4 Å². The molecule has 11 heteroatoms. The molecule has 4 rings (SSSR count). The third kappa shape index (κ3) is 5.36. The first-order valence-electron chi connectivity index (χ1n) is 12.0. The van der Waals surface area contributed by atoms with E-state index in [1.54, 1.807) is 31.5 Å². The van der Waals surface area contributed by atoms with E-state index in [4.69, 9.17) is 0 Å². The number of phenolic OH excluding ortho intramolecular Hbond substituents is 1. The Bertz CT molecular complexity index is 1170. The van der Waals surface area contributed by atoms with E-state index < -0.39 is 41.6 Å². The number of phenols is 1. The van der Waals surface area contributed by atoms with Gasteiger partial charge in [0.25, 0.3) is 5.91 Å². The highest BCUT2D eigenvalue weighted by molar-refractivity contribution is 7.13. The molecule has 1 aliphatic heterocycles. The van der Waals surface area contributed by atoms with E-state index in [2.05, 4.69) is 15.6 Å². The third-order valence-corrected chi connectivity index (χ3v) is 7.70. The van der Waals surface area contributed by atoms with Crippen LogP contribution in [0.1, 0.15) is 44.4 Å². The van der Waals surface area contributed by atoms with Gasteiger partial charge in [-0.05, 0) is 37.3 Å². The third-order valence-electron chi connectivity index (χ3n) is 6.73. The molecule has 0 bridgehead atoms. The molecule has 3 atom stereocenters. The van der Waals surface area contributed by atoms with E-state index >= 15 is 0 Å². The zero-order chi connectivity index (χ0) is 26.2. The molecule has 2 aromatic rings. The van der Waals surface area contributed by atoms with Gasteiger partial charge >= 0.3 is 0 Å². The smallest absolute Gasteiger partial charge is 0.258 e. The van der Waals surface area contributed by atoms with Crippen LogP contribution in [0, 0.1) is 12.8 Å². The number of likely N-dealkylation sites (tertiary alicyclic amines) is 1. The number of rotatable bonds is 8. The fourth-order valence-corrected chi connectivity index (χ4v) is 5.14. The number of aliphatic hydroxyl groups is 1. The maximum absolute atomic E-state index is 14.2. The molecule has 3 amide bonds. The van der Waals surface area contributed by atoms with Crippen LogP contribution < -0.4 is 10.6 Å². The number of nitrogens with zero attached hydrogens (tertiary/aromatic N) is 2. The van der Waals surface area contributed by atoms with Crippen LogP contribution in [0.3, 0.4) is 0 Å². The summed E-state index contributed by atoms with van der Waals surface area (Å²) >= 11 is 1.47. The normalized spacial score (nSPS) is 21.3. The first-order chi connectivity index (χ1) is 17.0. The first kappa shape index (κ1) is 26.0. The van der Waals surface area contributed by atoms with Crippen LogP contribution in [0.4, 0.5) is 4.39 Å². The van der Waals surface area contributed by atoms with Gasteiger partial charge in [0.05, 0.1) is 22.2 Å². The van der Waals surface area contributed by atoms with Crippen LogP contribution in [0.5, 0.6) is 5.75 Å². The maximum Gasteiger partial charge on any atom is 0.258 e. The predicted molar refractivity (Wildman–Crippen MR) is 132 cm³/mol. The molecule has 1 aliphatic carbocycles. The monoisotopic (exact) mass is 518 g/mol. The summed E-state index contributed by atoms with van der Waals surface area (Å²) in [5, 5.41) is 25.9. The summed E-state index contributed by atoms with van der Waals surface area (Å²) in [7, 11) is 0. The molecule has 9 nitrogen and oxygen atoms in total. The van der Waals surface area contributed by atoms with E-state index in [1.807, 2.05) is 13.0 Å². The quantitative estimate of drug-likeness (QED) is 0.423. The number of aromatic hydroxyl groups is 1. The number of carbonyl (C=O) groups is 3. The topological polar surface area (TPSA) is 132 Å². The van der Waals surface area contributed by atoms with Crippen molar-refractivity contribution in [2.24, 2.45) is 5.92 Å². The van der Waals surface area contributed by atoms with Gasteiger partial charge in [-0.1, -0.05) is 26.0 Å². The Balaban J connectivity index is 1.42. The van der Waals surface area contributed by atoms with Gasteiger partial charge < -0.3 is 25.7 Å². The van der Waals surface area contributed by atoms with Crippen molar-refractivity contribution in [3.8, 4) is 16.2 Å². The Morgan fingerprint density at radius 1 is 1.31 bits per heavy atom. The van der Waals surface area contributed by atoms with Crippen molar-refractivity contribution in [3.63, 3.8) is 0 Å². The summed E-state index contributed by atoms with van der Waals surface area (Å²) in [6, 6.07) is 3.20. The number of aliphatic hydroxyl groups excluding tert-OH is 1. The summed E-state index contributed by atoms with van der Waals surface area (Å²) in [5.74, 6) is -2.17. The fraction of sp³-hybridized carbons (Fsp3) is 0.520. The second kappa shape index (κ2) is 10.1. The fourth-order valence-electron chi connectivity index (χ4n) is 4.34. The Labute approximate surface area is 212 Å². The minimum Gasteiger partial charge on any atom is -0.508 e. The summed E-state index contributed by atoms with van der Waals surface area (Å²) < 4.78 is 14.2. The van der Waals surface area contributed by atoms with Crippen molar-refractivity contribution in [1.82, 2.24) is 20.5 Å².